The van der Waals surface area contributed by atoms with Gasteiger partial charge in [-0.15, -0.1) is 0 Å². The van der Waals surface area contributed by atoms with E-state index in [-0.39, 0.29) is 4.75 Å². The Morgan fingerprint density at radius 2 is 1.12 bits per heavy atom. The first kappa shape index (κ1) is 17.4. The molecule has 0 bridgehead atoms. The molecule has 1 atom stereocenters. The van der Waals surface area contributed by atoms with Crippen LogP contribution in [-0.4, -0.2) is 4.75 Å². The van der Waals surface area contributed by atoms with Crippen LogP contribution in [0, 0.1) is 0 Å². The van der Waals surface area contributed by atoms with Crippen molar-refractivity contribution in [1.82, 2.24) is 0 Å². The molecule has 0 saturated heterocycles. The first-order valence-corrected chi connectivity index (χ1v) is 8.29. The molecule has 1 heteroatoms. The molecule has 104 valence electrons. The van der Waals surface area contributed by atoms with Gasteiger partial charge in [0.2, 0.25) is 0 Å². The van der Waals surface area contributed by atoms with Crippen LogP contribution in [0.15, 0.2) is 0 Å². The fraction of sp³-hybridized carbons (Fsp3) is 1.00. The highest BCUT2D eigenvalue weighted by molar-refractivity contribution is 7.81. The van der Waals surface area contributed by atoms with E-state index >= 15 is 0 Å². The Bertz CT molecular complexity index is 152. The highest BCUT2D eigenvalue weighted by Gasteiger charge is 2.14. The third-order valence-electron chi connectivity index (χ3n) is 3.83. The molecule has 0 aliphatic rings. The largest absolute Gasteiger partial charge is 0.173 e. The van der Waals surface area contributed by atoms with Gasteiger partial charge >= 0.3 is 0 Å². The van der Waals surface area contributed by atoms with Gasteiger partial charge in [0.1, 0.15) is 0 Å². The summed E-state index contributed by atoms with van der Waals surface area (Å²) in [7, 11) is 0. The van der Waals surface area contributed by atoms with E-state index in [1.807, 2.05) is 0 Å². The average Bonchev–Trinajstić information content (AvgIpc) is 2.31. The molecule has 0 heterocycles. The monoisotopic (exact) mass is 258 g/mol. The number of hydrogen-bond donors (Lipinski definition) is 1. The van der Waals surface area contributed by atoms with Gasteiger partial charge in [-0.3, -0.25) is 0 Å². The van der Waals surface area contributed by atoms with Crippen molar-refractivity contribution in [2.45, 2.75) is 103 Å². The third kappa shape index (κ3) is 12.6. The zero-order chi connectivity index (χ0) is 13.0. The van der Waals surface area contributed by atoms with Gasteiger partial charge in [0.25, 0.3) is 0 Å². The molecule has 0 aliphatic carbocycles. The first-order chi connectivity index (χ1) is 8.12. The van der Waals surface area contributed by atoms with Crippen LogP contribution >= 0.6 is 12.6 Å². The lowest BCUT2D eigenvalue weighted by Gasteiger charge is -2.20. The number of hydrogen-bond acceptors (Lipinski definition) is 1. The van der Waals surface area contributed by atoms with E-state index in [4.69, 9.17) is 0 Å². The molecule has 0 aromatic rings. The minimum Gasteiger partial charge on any atom is -0.173 e. The van der Waals surface area contributed by atoms with Gasteiger partial charge in [-0.1, -0.05) is 85.0 Å². The van der Waals surface area contributed by atoms with Crippen molar-refractivity contribution >= 4 is 12.6 Å². The van der Waals surface area contributed by atoms with E-state index < -0.39 is 0 Å². The van der Waals surface area contributed by atoms with Gasteiger partial charge in [-0.2, -0.15) is 12.6 Å². The zero-order valence-corrected chi connectivity index (χ0v) is 13.3. The molecule has 17 heavy (non-hydrogen) atoms. The van der Waals surface area contributed by atoms with E-state index in [1.54, 1.807) is 0 Å². The number of thiol groups is 1. The molecule has 0 fully saturated rings. The zero-order valence-electron chi connectivity index (χ0n) is 12.4. The highest BCUT2D eigenvalue weighted by Crippen LogP contribution is 2.25. The van der Waals surface area contributed by atoms with Crippen LogP contribution < -0.4 is 0 Å². The first-order valence-electron chi connectivity index (χ1n) is 7.84. The Morgan fingerprint density at radius 3 is 1.53 bits per heavy atom. The van der Waals surface area contributed by atoms with Gasteiger partial charge in [0.15, 0.2) is 0 Å². The summed E-state index contributed by atoms with van der Waals surface area (Å²) in [6.07, 6.45) is 16.7. The Labute approximate surface area is 115 Å². The standard InChI is InChI=1S/C16H34S/c1-4-6-7-8-9-10-11-12-13-14-15-16(3,17)5-2/h17H,4-15H2,1-3H3. The normalized spacial score (nSPS) is 14.8. The second-order valence-corrected chi connectivity index (χ2v) is 6.86. The van der Waals surface area contributed by atoms with Crippen molar-refractivity contribution in [3.05, 3.63) is 0 Å². The summed E-state index contributed by atoms with van der Waals surface area (Å²) >= 11 is 4.68. The lowest BCUT2D eigenvalue weighted by atomic mass is 9.98. The Kier molecular flexibility index (Phi) is 11.7. The third-order valence-corrected chi connectivity index (χ3v) is 4.37. The van der Waals surface area contributed by atoms with Gasteiger partial charge in [-0.05, 0) is 12.8 Å². The van der Waals surface area contributed by atoms with Gasteiger partial charge in [0.05, 0.1) is 0 Å². The molecular weight excluding hydrogens is 224 g/mol. The summed E-state index contributed by atoms with van der Waals surface area (Å²) in [5, 5.41) is 0. The summed E-state index contributed by atoms with van der Waals surface area (Å²) in [4.78, 5) is 0. The van der Waals surface area contributed by atoms with Crippen LogP contribution in [0.25, 0.3) is 0 Å². The second-order valence-electron chi connectivity index (χ2n) is 5.78. The van der Waals surface area contributed by atoms with Crippen molar-refractivity contribution in [1.29, 1.82) is 0 Å². The van der Waals surface area contributed by atoms with Gasteiger partial charge in [-0.25, -0.2) is 0 Å². The minimum absolute atomic E-state index is 0.278. The predicted molar refractivity (Wildman–Crippen MR) is 84.1 cm³/mol. The molecule has 0 aromatic carbocycles. The quantitative estimate of drug-likeness (QED) is 0.304. The van der Waals surface area contributed by atoms with E-state index in [2.05, 4.69) is 33.4 Å². The fourth-order valence-corrected chi connectivity index (χ4v) is 2.33. The van der Waals surface area contributed by atoms with Crippen molar-refractivity contribution in [3.8, 4) is 0 Å². The minimum atomic E-state index is 0.278. The molecule has 0 amide bonds. The Hall–Kier alpha value is 0.350. The van der Waals surface area contributed by atoms with Gasteiger partial charge in [0, 0.05) is 4.75 Å². The van der Waals surface area contributed by atoms with E-state index in [0.717, 1.165) is 0 Å². The van der Waals surface area contributed by atoms with Crippen molar-refractivity contribution in [3.63, 3.8) is 0 Å². The summed E-state index contributed by atoms with van der Waals surface area (Å²) in [5.41, 5.74) is 0. The predicted octanol–water partition coefficient (Wildman–Crippen LogP) is 6.40. The number of rotatable bonds is 12. The highest BCUT2D eigenvalue weighted by atomic mass is 32.1. The Balaban J connectivity index is 3.09. The van der Waals surface area contributed by atoms with Crippen LogP contribution in [0.3, 0.4) is 0 Å². The van der Waals surface area contributed by atoms with Crippen molar-refractivity contribution in [2.75, 3.05) is 0 Å². The van der Waals surface area contributed by atoms with Gasteiger partial charge < -0.3 is 0 Å². The molecule has 0 aliphatic heterocycles. The molecule has 0 rings (SSSR count). The molecule has 0 radical (unpaired) electrons. The molecule has 0 aromatic heterocycles. The number of unbranched alkanes of at least 4 members (excludes halogenated alkanes) is 9. The summed E-state index contributed by atoms with van der Waals surface area (Å²) in [6.45, 7) is 6.79. The van der Waals surface area contributed by atoms with Crippen molar-refractivity contribution in [2.24, 2.45) is 0 Å². The fourth-order valence-electron chi connectivity index (χ4n) is 2.17. The maximum absolute atomic E-state index is 4.68. The van der Waals surface area contributed by atoms with Crippen LogP contribution in [0.5, 0.6) is 0 Å². The van der Waals surface area contributed by atoms with E-state index in [0.29, 0.717) is 0 Å². The smallest absolute Gasteiger partial charge is 0.00987 e. The molecule has 0 spiro atoms. The lowest BCUT2D eigenvalue weighted by molar-refractivity contribution is 0.504. The maximum Gasteiger partial charge on any atom is 0.00987 e. The Morgan fingerprint density at radius 1 is 0.706 bits per heavy atom. The molecular formula is C16H34S. The molecule has 1 unspecified atom stereocenters. The van der Waals surface area contributed by atoms with E-state index in [1.165, 1.54) is 77.0 Å². The topological polar surface area (TPSA) is 0 Å². The maximum atomic E-state index is 4.68. The van der Waals surface area contributed by atoms with Crippen molar-refractivity contribution < 1.29 is 0 Å². The van der Waals surface area contributed by atoms with E-state index in [9.17, 15) is 0 Å². The van der Waals surface area contributed by atoms with Crippen LogP contribution in [0.2, 0.25) is 0 Å². The molecule has 0 nitrogen and oxygen atoms in total. The lowest BCUT2D eigenvalue weighted by Crippen LogP contribution is -2.14. The summed E-state index contributed by atoms with van der Waals surface area (Å²) in [5.74, 6) is 0. The van der Waals surface area contributed by atoms with Crippen LogP contribution in [0.1, 0.15) is 97.8 Å². The summed E-state index contributed by atoms with van der Waals surface area (Å²) in [6, 6.07) is 0. The van der Waals surface area contributed by atoms with Crippen LogP contribution in [0.4, 0.5) is 0 Å². The molecule has 0 saturated carbocycles. The second kappa shape index (κ2) is 11.4. The summed E-state index contributed by atoms with van der Waals surface area (Å²) < 4.78 is 0.278. The molecule has 0 N–H and O–H groups in total. The van der Waals surface area contributed by atoms with Crippen LogP contribution in [-0.2, 0) is 0 Å². The SMILES string of the molecule is CCCCCCCCCCCCC(C)(S)CC. The average molecular weight is 259 g/mol.